The van der Waals surface area contributed by atoms with Crippen LogP contribution in [0.1, 0.15) is 32.7 Å². The van der Waals surface area contributed by atoms with Crippen molar-refractivity contribution in [1.82, 2.24) is 14.9 Å². The number of hydrogen-bond acceptors (Lipinski definition) is 4. The molecule has 1 heterocycles. The van der Waals surface area contributed by atoms with Gasteiger partial charge in [0, 0.05) is 32.0 Å². The molecule has 0 aliphatic heterocycles. The van der Waals surface area contributed by atoms with Crippen LogP contribution >= 0.6 is 0 Å². The van der Waals surface area contributed by atoms with Gasteiger partial charge in [-0.15, -0.1) is 0 Å². The normalized spacial score (nSPS) is 15.1. The molecule has 6 heteroatoms. The fourth-order valence-corrected chi connectivity index (χ4v) is 1.91. The summed E-state index contributed by atoms with van der Waals surface area (Å²) in [5.74, 6) is 0.241. The molecule has 1 fully saturated rings. The topological polar surface area (TPSA) is 76.0 Å². The summed E-state index contributed by atoms with van der Waals surface area (Å²) in [5.41, 5.74) is -0.707. The number of nitrogens with one attached hydrogen (secondary N) is 2. The van der Waals surface area contributed by atoms with E-state index in [1.807, 2.05) is 13.8 Å². The van der Waals surface area contributed by atoms with Gasteiger partial charge in [0.05, 0.1) is 5.41 Å². The molecule has 0 atom stereocenters. The van der Waals surface area contributed by atoms with Gasteiger partial charge in [-0.05, 0) is 26.7 Å². The van der Waals surface area contributed by atoms with Crippen LogP contribution in [0.4, 0.5) is 5.82 Å². The molecular formula is C13H20N4O2. The van der Waals surface area contributed by atoms with E-state index in [0.717, 1.165) is 12.8 Å². The minimum Gasteiger partial charge on any atom is -0.364 e. The molecule has 6 nitrogen and oxygen atoms in total. The Morgan fingerprint density at radius 3 is 2.79 bits per heavy atom. The molecule has 0 bridgehead atoms. The maximum Gasteiger partial charge on any atom is 0.293 e. The molecule has 1 saturated carbocycles. The molecular weight excluding hydrogens is 244 g/mol. The standard InChI is InChI=1S/C13H20N4O2/c1-13(2,12(19)14-3)8-16-10-11(18)17(7-6-15-10)9-4-5-9/h6-7,9H,4-5,8H2,1-3H3,(H,14,19)(H,15,16). The first-order valence-electron chi connectivity index (χ1n) is 6.49. The van der Waals surface area contributed by atoms with E-state index in [9.17, 15) is 9.59 Å². The highest BCUT2D eigenvalue weighted by molar-refractivity contribution is 5.82. The number of carbonyl (C=O) groups is 1. The second-order valence-corrected chi connectivity index (χ2v) is 5.54. The molecule has 0 spiro atoms. The van der Waals surface area contributed by atoms with Crippen molar-refractivity contribution in [2.24, 2.45) is 5.41 Å². The SMILES string of the molecule is CNC(=O)C(C)(C)CNc1nccn(C2CC2)c1=O. The van der Waals surface area contributed by atoms with E-state index in [-0.39, 0.29) is 11.5 Å². The third kappa shape index (κ3) is 2.94. The van der Waals surface area contributed by atoms with Crippen molar-refractivity contribution in [3.05, 3.63) is 22.7 Å². The number of aromatic nitrogens is 2. The maximum atomic E-state index is 12.1. The van der Waals surface area contributed by atoms with Crippen molar-refractivity contribution in [3.63, 3.8) is 0 Å². The molecule has 0 aromatic carbocycles. The fourth-order valence-electron chi connectivity index (χ4n) is 1.91. The molecule has 1 amide bonds. The Morgan fingerprint density at radius 2 is 2.21 bits per heavy atom. The van der Waals surface area contributed by atoms with Crippen LogP contribution in [-0.4, -0.2) is 29.1 Å². The zero-order chi connectivity index (χ0) is 14.0. The van der Waals surface area contributed by atoms with E-state index in [2.05, 4.69) is 15.6 Å². The van der Waals surface area contributed by atoms with Gasteiger partial charge in [-0.25, -0.2) is 4.98 Å². The minimum absolute atomic E-state index is 0.0709. The molecule has 0 radical (unpaired) electrons. The molecule has 2 rings (SSSR count). The van der Waals surface area contributed by atoms with Gasteiger partial charge in [-0.1, -0.05) is 0 Å². The Balaban J connectivity index is 2.10. The lowest BCUT2D eigenvalue weighted by atomic mass is 9.92. The smallest absolute Gasteiger partial charge is 0.293 e. The van der Waals surface area contributed by atoms with Crippen LogP contribution in [-0.2, 0) is 4.79 Å². The summed E-state index contributed by atoms with van der Waals surface area (Å²) in [6, 6.07) is 0.322. The van der Waals surface area contributed by atoms with E-state index < -0.39 is 5.41 Å². The number of anilines is 1. The van der Waals surface area contributed by atoms with E-state index in [4.69, 9.17) is 0 Å². The first kappa shape index (κ1) is 13.6. The second-order valence-electron chi connectivity index (χ2n) is 5.54. The summed E-state index contributed by atoms with van der Waals surface area (Å²) in [6.45, 7) is 4.01. The molecule has 1 aliphatic rings. The van der Waals surface area contributed by atoms with Crippen LogP contribution < -0.4 is 16.2 Å². The lowest BCUT2D eigenvalue weighted by Gasteiger charge is -2.23. The monoisotopic (exact) mass is 264 g/mol. The third-order valence-corrected chi connectivity index (χ3v) is 3.35. The summed E-state index contributed by atoms with van der Waals surface area (Å²) in [7, 11) is 1.60. The third-order valence-electron chi connectivity index (χ3n) is 3.35. The quantitative estimate of drug-likeness (QED) is 0.823. The summed E-state index contributed by atoms with van der Waals surface area (Å²) >= 11 is 0. The lowest BCUT2D eigenvalue weighted by molar-refractivity contribution is -0.128. The van der Waals surface area contributed by atoms with Crippen molar-refractivity contribution >= 4 is 11.7 Å². The molecule has 19 heavy (non-hydrogen) atoms. The summed E-state index contributed by atoms with van der Waals surface area (Å²) < 4.78 is 1.71. The van der Waals surface area contributed by atoms with Gasteiger partial charge in [-0.3, -0.25) is 9.59 Å². The predicted octanol–water partition coefficient (Wildman–Crippen LogP) is 0.762. The molecule has 0 unspecified atom stereocenters. The van der Waals surface area contributed by atoms with Crippen LogP contribution in [0.5, 0.6) is 0 Å². The van der Waals surface area contributed by atoms with Gasteiger partial charge in [-0.2, -0.15) is 0 Å². The second kappa shape index (κ2) is 5.03. The van der Waals surface area contributed by atoms with Crippen molar-refractivity contribution in [2.45, 2.75) is 32.7 Å². The summed E-state index contributed by atoms with van der Waals surface area (Å²) in [6.07, 6.45) is 5.43. The first-order valence-corrected chi connectivity index (χ1v) is 6.49. The average Bonchev–Trinajstić information content (AvgIpc) is 3.21. The van der Waals surface area contributed by atoms with Crippen molar-refractivity contribution in [3.8, 4) is 0 Å². The molecule has 1 aromatic rings. The van der Waals surface area contributed by atoms with Crippen LogP contribution in [0.25, 0.3) is 0 Å². The predicted molar refractivity (Wildman–Crippen MR) is 73.1 cm³/mol. The highest BCUT2D eigenvalue weighted by Gasteiger charge is 2.28. The van der Waals surface area contributed by atoms with Crippen LogP contribution in [0.2, 0.25) is 0 Å². The summed E-state index contributed by atoms with van der Waals surface area (Å²) in [4.78, 5) is 27.9. The van der Waals surface area contributed by atoms with Gasteiger partial charge in [0.25, 0.3) is 5.56 Å². The van der Waals surface area contributed by atoms with Crippen molar-refractivity contribution < 1.29 is 4.79 Å². The Labute approximate surface area is 112 Å². The lowest BCUT2D eigenvalue weighted by Crippen LogP contribution is -2.40. The van der Waals surface area contributed by atoms with Crippen LogP contribution in [0.3, 0.4) is 0 Å². The average molecular weight is 264 g/mol. The largest absolute Gasteiger partial charge is 0.364 e. The maximum absolute atomic E-state index is 12.1. The van der Waals surface area contributed by atoms with Gasteiger partial charge < -0.3 is 15.2 Å². The Hall–Kier alpha value is -1.85. The van der Waals surface area contributed by atoms with Crippen molar-refractivity contribution in [1.29, 1.82) is 0 Å². The Bertz CT molecular complexity index is 532. The Morgan fingerprint density at radius 1 is 1.53 bits per heavy atom. The zero-order valence-corrected chi connectivity index (χ0v) is 11.6. The van der Waals surface area contributed by atoms with Crippen molar-refractivity contribution in [2.75, 3.05) is 18.9 Å². The van der Waals surface area contributed by atoms with E-state index in [1.165, 1.54) is 0 Å². The number of hydrogen-bond donors (Lipinski definition) is 2. The van der Waals surface area contributed by atoms with Crippen LogP contribution in [0.15, 0.2) is 17.2 Å². The molecule has 1 aliphatic carbocycles. The molecule has 2 N–H and O–H groups in total. The zero-order valence-electron chi connectivity index (χ0n) is 11.6. The molecule has 104 valence electrons. The minimum atomic E-state index is -0.594. The van der Waals surface area contributed by atoms with Gasteiger partial charge in [0.1, 0.15) is 0 Å². The first-order chi connectivity index (χ1) is 8.95. The highest BCUT2D eigenvalue weighted by Crippen LogP contribution is 2.33. The molecule has 1 aromatic heterocycles. The van der Waals surface area contributed by atoms with E-state index >= 15 is 0 Å². The highest BCUT2D eigenvalue weighted by atomic mass is 16.2. The van der Waals surface area contributed by atoms with Gasteiger partial charge in [0.2, 0.25) is 5.91 Å². The molecule has 0 saturated heterocycles. The number of nitrogens with zero attached hydrogens (tertiary/aromatic N) is 2. The van der Waals surface area contributed by atoms with Gasteiger partial charge >= 0.3 is 0 Å². The fraction of sp³-hybridized carbons (Fsp3) is 0.615. The Kier molecular flexibility index (Phi) is 3.59. The number of rotatable bonds is 5. The van der Waals surface area contributed by atoms with E-state index in [1.54, 1.807) is 24.0 Å². The van der Waals surface area contributed by atoms with Gasteiger partial charge in [0.15, 0.2) is 5.82 Å². The van der Waals surface area contributed by atoms with E-state index in [0.29, 0.717) is 18.4 Å². The number of carbonyl (C=O) groups excluding carboxylic acids is 1. The number of amides is 1. The summed E-state index contributed by atoms with van der Waals surface area (Å²) in [5, 5.41) is 5.60. The van der Waals surface area contributed by atoms with Crippen LogP contribution in [0, 0.1) is 5.41 Å².